The molecule has 0 bridgehead atoms. The maximum Gasteiger partial charge on any atom is 0.148 e. The lowest BCUT2D eigenvalue weighted by molar-refractivity contribution is 0.531. The summed E-state index contributed by atoms with van der Waals surface area (Å²) in [6.45, 7) is 2.15. The molecule has 1 aliphatic heterocycles. The van der Waals surface area contributed by atoms with Gasteiger partial charge in [-0.05, 0) is 19.4 Å². The average molecular weight is 223 g/mol. The molecule has 1 aliphatic rings. The van der Waals surface area contributed by atoms with Gasteiger partial charge in [0, 0.05) is 23.8 Å². The molecule has 1 heterocycles. The number of hydrogen-bond donors (Lipinski definition) is 1. The van der Waals surface area contributed by atoms with Gasteiger partial charge in [-0.3, -0.25) is 0 Å². The Labute approximate surface area is 84.6 Å². The van der Waals surface area contributed by atoms with Crippen LogP contribution in [0.25, 0.3) is 0 Å². The zero-order valence-corrected chi connectivity index (χ0v) is 9.59. The van der Waals surface area contributed by atoms with Crippen molar-refractivity contribution in [1.82, 2.24) is 5.32 Å². The summed E-state index contributed by atoms with van der Waals surface area (Å²) in [5.41, 5.74) is 0. The first-order valence-corrected chi connectivity index (χ1v) is 7.69. The second-order valence-corrected chi connectivity index (χ2v) is 7.14. The Bertz CT molecular complexity index is 233. The Morgan fingerprint density at radius 2 is 2.31 bits per heavy atom. The highest BCUT2D eigenvalue weighted by atomic mass is 32.2. The van der Waals surface area contributed by atoms with E-state index in [-0.39, 0.29) is 0 Å². The quantitative estimate of drug-likeness (QED) is 0.754. The Balaban J connectivity index is 2.11. The highest BCUT2D eigenvalue weighted by Crippen LogP contribution is 2.18. The van der Waals surface area contributed by atoms with Gasteiger partial charge in [-0.2, -0.15) is 11.8 Å². The summed E-state index contributed by atoms with van der Waals surface area (Å²) in [4.78, 5) is 0. The van der Waals surface area contributed by atoms with Gasteiger partial charge in [-0.15, -0.1) is 0 Å². The van der Waals surface area contributed by atoms with Crippen LogP contribution in [-0.4, -0.2) is 44.5 Å². The van der Waals surface area contributed by atoms with Gasteiger partial charge in [0.05, 0.1) is 5.75 Å². The maximum absolute atomic E-state index is 10.8. The van der Waals surface area contributed by atoms with E-state index in [9.17, 15) is 8.42 Å². The lowest BCUT2D eigenvalue weighted by atomic mass is 10.2. The highest BCUT2D eigenvalue weighted by molar-refractivity contribution is 8.01. The van der Waals surface area contributed by atoms with E-state index in [1.165, 1.54) is 19.1 Å². The fourth-order valence-electron chi connectivity index (χ4n) is 1.33. The molecule has 0 aromatic rings. The van der Waals surface area contributed by atoms with Crippen LogP contribution in [0.15, 0.2) is 0 Å². The van der Waals surface area contributed by atoms with Gasteiger partial charge < -0.3 is 5.32 Å². The van der Waals surface area contributed by atoms with Crippen molar-refractivity contribution < 1.29 is 8.42 Å². The van der Waals surface area contributed by atoms with Crippen LogP contribution in [0.3, 0.4) is 0 Å². The molecule has 0 radical (unpaired) electrons. The van der Waals surface area contributed by atoms with Crippen LogP contribution in [0.4, 0.5) is 0 Å². The van der Waals surface area contributed by atoms with Crippen molar-refractivity contribution in [1.29, 1.82) is 0 Å². The minimum Gasteiger partial charge on any atom is -0.316 e. The summed E-state index contributed by atoms with van der Waals surface area (Å²) in [5.74, 6) is 1.05. The summed E-state index contributed by atoms with van der Waals surface area (Å²) in [5, 5.41) is 3.93. The van der Waals surface area contributed by atoms with Crippen LogP contribution in [0.2, 0.25) is 0 Å². The molecule has 3 nitrogen and oxygen atoms in total. The monoisotopic (exact) mass is 223 g/mol. The van der Waals surface area contributed by atoms with E-state index in [0.717, 1.165) is 18.8 Å². The van der Waals surface area contributed by atoms with Gasteiger partial charge in [0.1, 0.15) is 9.84 Å². The molecule has 1 saturated heterocycles. The zero-order valence-electron chi connectivity index (χ0n) is 7.95. The van der Waals surface area contributed by atoms with Crippen LogP contribution in [0.5, 0.6) is 0 Å². The Kier molecular flexibility index (Phi) is 4.55. The number of piperidine rings is 1. The Morgan fingerprint density at radius 1 is 1.54 bits per heavy atom. The smallest absolute Gasteiger partial charge is 0.148 e. The van der Waals surface area contributed by atoms with Crippen molar-refractivity contribution in [3.8, 4) is 0 Å². The van der Waals surface area contributed by atoms with Crippen LogP contribution < -0.4 is 5.32 Å². The summed E-state index contributed by atoms with van der Waals surface area (Å²) >= 11 is 1.78. The van der Waals surface area contributed by atoms with Gasteiger partial charge in [-0.25, -0.2) is 8.42 Å². The second kappa shape index (κ2) is 5.22. The molecule has 1 atom stereocenters. The number of rotatable bonds is 4. The van der Waals surface area contributed by atoms with E-state index < -0.39 is 9.84 Å². The molecule has 1 fully saturated rings. The largest absolute Gasteiger partial charge is 0.316 e. The molecule has 13 heavy (non-hydrogen) atoms. The third-order valence-corrected chi connectivity index (χ3v) is 4.58. The number of thioether (sulfide) groups is 1. The van der Waals surface area contributed by atoms with E-state index in [1.807, 2.05) is 0 Å². The average Bonchev–Trinajstić information content (AvgIpc) is 2.04. The minimum absolute atomic E-state index is 0.314. The van der Waals surface area contributed by atoms with Crippen molar-refractivity contribution in [3.63, 3.8) is 0 Å². The molecule has 1 unspecified atom stereocenters. The molecular weight excluding hydrogens is 206 g/mol. The first-order chi connectivity index (χ1) is 6.08. The van der Waals surface area contributed by atoms with E-state index >= 15 is 0 Å². The maximum atomic E-state index is 10.8. The molecule has 0 spiro atoms. The molecule has 5 heteroatoms. The van der Waals surface area contributed by atoms with Crippen LogP contribution >= 0.6 is 11.8 Å². The Morgan fingerprint density at radius 3 is 2.85 bits per heavy atom. The third-order valence-electron chi connectivity index (χ3n) is 2.06. The molecule has 1 rings (SSSR count). The number of sulfone groups is 1. The topological polar surface area (TPSA) is 46.2 Å². The molecular formula is C8H17NO2S2. The van der Waals surface area contributed by atoms with E-state index in [0.29, 0.717) is 11.0 Å². The van der Waals surface area contributed by atoms with E-state index in [4.69, 9.17) is 0 Å². The highest BCUT2D eigenvalue weighted by Gasteiger charge is 2.13. The predicted molar refractivity (Wildman–Crippen MR) is 58.1 cm³/mol. The lowest BCUT2D eigenvalue weighted by Gasteiger charge is -2.21. The molecule has 1 N–H and O–H groups in total. The standard InChI is InChI=1S/C8H17NO2S2/c1-13(10,11)6-5-12-8-3-2-4-9-7-8/h8-9H,2-7H2,1H3. The van der Waals surface area contributed by atoms with E-state index in [2.05, 4.69) is 5.32 Å². The SMILES string of the molecule is CS(=O)(=O)CCSC1CCCNC1. The molecule has 0 aromatic carbocycles. The van der Waals surface area contributed by atoms with Gasteiger partial charge in [0.25, 0.3) is 0 Å². The normalized spacial score (nSPS) is 24.5. The van der Waals surface area contributed by atoms with Crippen molar-refractivity contribution in [2.24, 2.45) is 0 Å². The molecule has 78 valence electrons. The minimum atomic E-state index is -2.77. The summed E-state index contributed by atoms with van der Waals surface area (Å²) < 4.78 is 21.7. The first kappa shape index (κ1) is 11.3. The van der Waals surface area contributed by atoms with Gasteiger partial charge >= 0.3 is 0 Å². The zero-order chi connectivity index (χ0) is 9.73. The molecule has 0 saturated carbocycles. The number of hydrogen-bond acceptors (Lipinski definition) is 4. The van der Waals surface area contributed by atoms with Gasteiger partial charge in [0.15, 0.2) is 0 Å². The first-order valence-electron chi connectivity index (χ1n) is 4.58. The summed E-state index contributed by atoms with van der Waals surface area (Å²) in [6.07, 6.45) is 3.74. The van der Waals surface area contributed by atoms with Gasteiger partial charge in [0.2, 0.25) is 0 Å². The van der Waals surface area contributed by atoms with Crippen molar-refractivity contribution in [3.05, 3.63) is 0 Å². The number of nitrogens with one attached hydrogen (secondary N) is 1. The van der Waals surface area contributed by atoms with Crippen LogP contribution in [0, 0.1) is 0 Å². The molecule has 0 amide bonds. The van der Waals surface area contributed by atoms with Crippen LogP contribution in [-0.2, 0) is 9.84 Å². The second-order valence-electron chi connectivity index (χ2n) is 3.47. The van der Waals surface area contributed by atoms with Crippen LogP contribution in [0.1, 0.15) is 12.8 Å². The fraction of sp³-hybridized carbons (Fsp3) is 1.00. The summed E-state index contributed by atoms with van der Waals surface area (Å²) in [6, 6.07) is 0. The van der Waals surface area contributed by atoms with Crippen molar-refractivity contribution in [2.75, 3.05) is 30.9 Å². The lowest BCUT2D eigenvalue weighted by Crippen LogP contribution is -2.32. The Hall–Kier alpha value is 0.260. The predicted octanol–water partition coefficient (Wildman–Crippen LogP) is 0.516. The fourth-order valence-corrected chi connectivity index (χ4v) is 3.83. The molecule has 0 aromatic heterocycles. The third kappa shape index (κ3) is 5.54. The van der Waals surface area contributed by atoms with Crippen molar-refractivity contribution in [2.45, 2.75) is 18.1 Å². The molecule has 0 aliphatic carbocycles. The summed E-state index contributed by atoms with van der Waals surface area (Å²) in [7, 11) is -2.77. The van der Waals surface area contributed by atoms with Crippen molar-refractivity contribution >= 4 is 21.6 Å². The van der Waals surface area contributed by atoms with E-state index in [1.54, 1.807) is 11.8 Å². The van der Waals surface area contributed by atoms with Gasteiger partial charge in [-0.1, -0.05) is 0 Å².